The molecule has 0 radical (unpaired) electrons. The van der Waals surface area contributed by atoms with E-state index in [1.807, 2.05) is 18.1 Å². The van der Waals surface area contributed by atoms with Crippen LogP contribution in [0.15, 0.2) is 42.9 Å². The Morgan fingerprint density at radius 1 is 1.11 bits per heavy atom. The van der Waals surface area contributed by atoms with Crippen LogP contribution < -0.4 is 5.32 Å². The van der Waals surface area contributed by atoms with Gasteiger partial charge >= 0.3 is 0 Å². The molecule has 0 spiro atoms. The van der Waals surface area contributed by atoms with Crippen molar-refractivity contribution in [2.24, 2.45) is 7.05 Å². The van der Waals surface area contributed by atoms with Crippen molar-refractivity contribution in [3.63, 3.8) is 0 Å². The number of aryl methyl sites for hydroxylation is 3. The van der Waals surface area contributed by atoms with Gasteiger partial charge in [-0.2, -0.15) is 15.2 Å². The van der Waals surface area contributed by atoms with Crippen LogP contribution in [0.3, 0.4) is 0 Å². The van der Waals surface area contributed by atoms with E-state index in [9.17, 15) is 4.79 Å². The number of hydrogen-bond acceptors (Lipinski definition) is 6. The van der Waals surface area contributed by atoms with Crippen molar-refractivity contribution in [2.45, 2.75) is 39.3 Å². The summed E-state index contributed by atoms with van der Waals surface area (Å²) in [6, 6.07) is 8.42. The van der Waals surface area contributed by atoms with Gasteiger partial charge in [0.25, 0.3) is 5.91 Å². The van der Waals surface area contributed by atoms with E-state index in [0.29, 0.717) is 18.1 Å². The lowest BCUT2D eigenvalue weighted by molar-refractivity contribution is 0.0689. The van der Waals surface area contributed by atoms with E-state index in [0.717, 1.165) is 65.1 Å². The van der Waals surface area contributed by atoms with Crippen molar-refractivity contribution in [1.82, 2.24) is 39.4 Å². The van der Waals surface area contributed by atoms with Crippen LogP contribution in [-0.2, 0) is 33.0 Å². The Balaban J connectivity index is 1.17. The molecule has 5 aromatic rings. The van der Waals surface area contributed by atoms with Gasteiger partial charge in [-0.25, -0.2) is 4.98 Å². The standard InChI is InChI=1S/C27H27N9O/c1-16-10-18(24-21-13-28-33-25(21)32-27(31-24)30-20-12-29-34(2)15-20)6-7-19(16)14-35-8-9-36-22-5-3-4-17(22)11-23(36)26(35)37/h6-7,10-13,15H,3-5,8-9,14H2,1-2H3,(H2,28,30,31,32,33). The number of carbonyl (C=O) groups is 1. The number of carbonyl (C=O) groups excluding carboxylic acids is 1. The first-order valence-corrected chi connectivity index (χ1v) is 12.6. The maximum atomic E-state index is 13.3. The number of nitrogens with one attached hydrogen (secondary N) is 2. The summed E-state index contributed by atoms with van der Waals surface area (Å²) in [6.45, 7) is 4.30. The van der Waals surface area contributed by atoms with E-state index < -0.39 is 0 Å². The third-order valence-electron chi connectivity index (χ3n) is 7.51. The highest BCUT2D eigenvalue weighted by Gasteiger charge is 2.30. The summed E-state index contributed by atoms with van der Waals surface area (Å²) < 4.78 is 3.97. The number of anilines is 2. The molecule has 7 rings (SSSR count). The smallest absolute Gasteiger partial charge is 0.270 e. The van der Waals surface area contributed by atoms with Gasteiger partial charge in [0.2, 0.25) is 5.95 Å². The summed E-state index contributed by atoms with van der Waals surface area (Å²) in [5.74, 6) is 0.599. The van der Waals surface area contributed by atoms with Gasteiger partial charge in [0, 0.05) is 44.1 Å². The zero-order chi connectivity index (χ0) is 25.1. The molecule has 10 nitrogen and oxygen atoms in total. The highest BCUT2D eigenvalue weighted by molar-refractivity contribution is 5.94. The fourth-order valence-electron chi connectivity index (χ4n) is 5.62. The van der Waals surface area contributed by atoms with Gasteiger partial charge in [0.15, 0.2) is 5.65 Å². The van der Waals surface area contributed by atoms with Crippen molar-refractivity contribution >= 4 is 28.6 Å². The van der Waals surface area contributed by atoms with Crippen molar-refractivity contribution in [3.05, 3.63) is 70.9 Å². The van der Waals surface area contributed by atoms with Gasteiger partial charge < -0.3 is 14.8 Å². The van der Waals surface area contributed by atoms with Crippen LogP contribution in [0.4, 0.5) is 11.6 Å². The minimum atomic E-state index is 0.131. The number of nitrogens with zero attached hydrogens (tertiary/aromatic N) is 7. The summed E-state index contributed by atoms with van der Waals surface area (Å²) in [5.41, 5.74) is 9.06. The Labute approximate surface area is 213 Å². The highest BCUT2D eigenvalue weighted by Crippen LogP contribution is 2.31. The van der Waals surface area contributed by atoms with Gasteiger partial charge in [-0.05, 0) is 55.0 Å². The van der Waals surface area contributed by atoms with Crippen molar-refractivity contribution in [1.29, 1.82) is 0 Å². The van der Waals surface area contributed by atoms with E-state index in [2.05, 4.69) is 61.4 Å². The molecule has 1 aromatic carbocycles. The Morgan fingerprint density at radius 2 is 2.03 bits per heavy atom. The summed E-state index contributed by atoms with van der Waals surface area (Å²) in [5, 5.41) is 15.4. The Kier molecular flexibility index (Phi) is 4.88. The first kappa shape index (κ1) is 21.8. The lowest BCUT2D eigenvalue weighted by Gasteiger charge is -2.30. The molecule has 2 aliphatic rings. The first-order valence-electron chi connectivity index (χ1n) is 12.6. The molecule has 0 bridgehead atoms. The number of hydrogen-bond donors (Lipinski definition) is 2. The second-order valence-electron chi connectivity index (χ2n) is 9.93. The predicted molar refractivity (Wildman–Crippen MR) is 140 cm³/mol. The van der Waals surface area contributed by atoms with Crippen molar-refractivity contribution in [2.75, 3.05) is 11.9 Å². The van der Waals surface area contributed by atoms with Crippen molar-refractivity contribution in [3.8, 4) is 11.3 Å². The Hall–Kier alpha value is -4.47. The van der Waals surface area contributed by atoms with E-state index >= 15 is 0 Å². The molecule has 1 aliphatic heterocycles. The van der Waals surface area contributed by atoms with E-state index in [4.69, 9.17) is 4.98 Å². The average molecular weight is 494 g/mol. The number of rotatable bonds is 5. The molecule has 37 heavy (non-hydrogen) atoms. The Morgan fingerprint density at radius 3 is 2.86 bits per heavy atom. The molecule has 0 fully saturated rings. The van der Waals surface area contributed by atoms with Crippen molar-refractivity contribution < 1.29 is 4.79 Å². The molecule has 1 aliphatic carbocycles. The molecule has 0 unspecified atom stereocenters. The summed E-state index contributed by atoms with van der Waals surface area (Å²) in [4.78, 5) is 24.6. The fraction of sp³-hybridized carbons (Fsp3) is 0.296. The number of H-pyrrole nitrogens is 1. The average Bonchev–Trinajstić information content (AvgIpc) is 3.67. The molecule has 0 saturated heterocycles. The Bertz CT molecular complexity index is 1670. The van der Waals surface area contributed by atoms with Gasteiger partial charge in [0.1, 0.15) is 5.69 Å². The topological polar surface area (TPSA) is 110 Å². The first-order chi connectivity index (χ1) is 18.0. The number of benzene rings is 1. The summed E-state index contributed by atoms with van der Waals surface area (Å²) in [6.07, 6.45) is 8.73. The van der Waals surface area contributed by atoms with Gasteiger partial charge in [-0.15, -0.1) is 0 Å². The maximum Gasteiger partial charge on any atom is 0.270 e. The van der Waals surface area contributed by atoms with Gasteiger partial charge in [0.05, 0.1) is 29.2 Å². The lowest BCUT2D eigenvalue weighted by Crippen LogP contribution is -2.40. The monoisotopic (exact) mass is 493 g/mol. The third kappa shape index (κ3) is 3.67. The third-order valence-corrected chi connectivity index (χ3v) is 7.51. The molecular formula is C27H27N9O. The summed E-state index contributed by atoms with van der Waals surface area (Å²) in [7, 11) is 1.86. The second-order valence-corrected chi connectivity index (χ2v) is 9.93. The molecular weight excluding hydrogens is 466 g/mol. The van der Waals surface area contributed by atoms with E-state index in [1.165, 1.54) is 17.7 Å². The lowest BCUT2D eigenvalue weighted by atomic mass is 10.0. The molecule has 5 heterocycles. The molecule has 2 N–H and O–H groups in total. The number of aromatic amines is 1. The van der Waals surface area contributed by atoms with Crippen LogP contribution >= 0.6 is 0 Å². The van der Waals surface area contributed by atoms with E-state index in [-0.39, 0.29) is 5.91 Å². The maximum absolute atomic E-state index is 13.3. The van der Waals surface area contributed by atoms with Crippen LogP contribution in [0.2, 0.25) is 0 Å². The molecule has 0 atom stereocenters. The van der Waals surface area contributed by atoms with Crippen LogP contribution in [0, 0.1) is 6.92 Å². The number of amides is 1. The fourth-order valence-corrected chi connectivity index (χ4v) is 5.62. The van der Waals surface area contributed by atoms with Gasteiger partial charge in [-0.3, -0.25) is 14.6 Å². The second kappa shape index (κ2) is 8.29. The predicted octanol–water partition coefficient (Wildman–Crippen LogP) is 3.75. The summed E-state index contributed by atoms with van der Waals surface area (Å²) >= 11 is 0. The molecule has 1 amide bonds. The molecule has 10 heteroatoms. The molecule has 4 aromatic heterocycles. The molecule has 186 valence electrons. The molecule has 0 saturated carbocycles. The normalized spacial score (nSPS) is 14.9. The minimum absolute atomic E-state index is 0.131. The minimum Gasteiger partial charge on any atom is -0.339 e. The zero-order valence-corrected chi connectivity index (χ0v) is 20.8. The van der Waals surface area contributed by atoms with Crippen LogP contribution in [0.5, 0.6) is 0 Å². The highest BCUT2D eigenvalue weighted by atomic mass is 16.2. The quantitative estimate of drug-likeness (QED) is 0.386. The van der Waals surface area contributed by atoms with Crippen LogP contribution in [0.25, 0.3) is 22.3 Å². The number of aromatic nitrogens is 7. The van der Waals surface area contributed by atoms with E-state index in [1.54, 1.807) is 17.1 Å². The largest absolute Gasteiger partial charge is 0.339 e. The van der Waals surface area contributed by atoms with Gasteiger partial charge in [-0.1, -0.05) is 12.1 Å². The van der Waals surface area contributed by atoms with Crippen LogP contribution in [0.1, 0.15) is 39.3 Å². The SMILES string of the molecule is Cc1cc(-c2nc(Nc3cnn(C)c3)nc3[nH]ncc23)ccc1CN1CCn2c(cc3c2CCC3)C1=O. The zero-order valence-electron chi connectivity index (χ0n) is 20.8. The van der Waals surface area contributed by atoms with Crippen LogP contribution in [-0.4, -0.2) is 51.9 Å². The number of fused-ring (bicyclic) bond motifs is 4.